The first-order valence-corrected chi connectivity index (χ1v) is 21.6. The van der Waals surface area contributed by atoms with Crippen LogP contribution >= 0.6 is 0 Å². The van der Waals surface area contributed by atoms with Crippen molar-refractivity contribution in [2.75, 3.05) is 44.9 Å². The lowest BCUT2D eigenvalue weighted by atomic mass is 9.46. The largest absolute Gasteiger partial charge is 0.492 e. The Morgan fingerprint density at radius 2 is 1.85 bits per heavy atom. The van der Waals surface area contributed by atoms with E-state index in [4.69, 9.17) is 18.9 Å². The van der Waals surface area contributed by atoms with Crippen LogP contribution in [0.5, 0.6) is 5.75 Å². The molecule has 2 aromatic rings. The number of esters is 3. The van der Waals surface area contributed by atoms with Crippen LogP contribution in [0.2, 0.25) is 0 Å². The summed E-state index contributed by atoms with van der Waals surface area (Å²) in [6.07, 6.45) is 9.29. The van der Waals surface area contributed by atoms with Gasteiger partial charge >= 0.3 is 17.9 Å². The molecule has 15 heteroatoms. The smallest absolute Gasteiger partial charge is 0.343 e. The number of Topliss-reactive ketones (excluding diaryl/α,β-unsaturated/α-hetero) is 1. The molecule has 61 heavy (non-hydrogen) atoms. The van der Waals surface area contributed by atoms with Crippen molar-refractivity contribution < 1.29 is 52.4 Å². The van der Waals surface area contributed by atoms with E-state index in [9.17, 15) is 33.9 Å². The number of ether oxygens (including phenoxy) is 4. The van der Waals surface area contributed by atoms with Crippen LogP contribution in [0.15, 0.2) is 40.9 Å². The first kappa shape index (κ1) is 42.8. The van der Waals surface area contributed by atoms with E-state index in [1.54, 1.807) is 16.7 Å². The van der Waals surface area contributed by atoms with Crippen molar-refractivity contribution in [1.29, 1.82) is 0 Å². The molecule has 5 fully saturated rings. The van der Waals surface area contributed by atoms with Crippen LogP contribution in [0.3, 0.4) is 0 Å². The highest BCUT2D eigenvalue weighted by molar-refractivity contribution is 6.01. The Kier molecular flexibility index (Phi) is 11.3. The standard InChI is InChI=1S/C46H56FN3O11/c1-25-22-49(17-16-48-25)40-34(47)20-31-39(42(40)58-5)50(28-9-10-28)23-32(41(31)56)43(57)59-18-6-7-37(55)61-46(36(54)24-60-26(2)51)15-13-33-30-11-8-27-19-29(52)12-14-44(27,3)38(30)35(53)21-45(33,46)4/h12,14,19-20,23,25,28,30,33,35,38,48,53H,6-11,13,15-18,21-22,24H2,1-5H3/t25?,30-,33-,35-,38?,44-,45-,46-/m1/s1. The number of rotatable bonds is 12. The fourth-order valence-electron chi connectivity index (χ4n) is 11.8. The van der Waals surface area contributed by atoms with Gasteiger partial charge in [0.2, 0.25) is 11.2 Å². The van der Waals surface area contributed by atoms with Crippen molar-refractivity contribution in [3.63, 3.8) is 0 Å². The maximum Gasteiger partial charge on any atom is 0.343 e. The summed E-state index contributed by atoms with van der Waals surface area (Å²) in [5.74, 6) is -3.70. The molecule has 2 heterocycles. The van der Waals surface area contributed by atoms with E-state index >= 15 is 4.39 Å². The summed E-state index contributed by atoms with van der Waals surface area (Å²) in [6, 6.07) is 1.26. The third kappa shape index (κ3) is 7.28. The second-order valence-corrected chi connectivity index (χ2v) is 18.4. The number of methoxy groups -OCH3 is 1. The van der Waals surface area contributed by atoms with Crippen LogP contribution in [-0.4, -0.2) is 96.9 Å². The molecule has 328 valence electrons. The summed E-state index contributed by atoms with van der Waals surface area (Å²) in [5, 5.41) is 15.3. The van der Waals surface area contributed by atoms with Crippen molar-refractivity contribution in [3.05, 3.63) is 57.7 Å². The molecule has 1 aromatic carbocycles. The minimum atomic E-state index is -1.69. The van der Waals surface area contributed by atoms with E-state index in [1.807, 2.05) is 24.8 Å². The van der Waals surface area contributed by atoms with Crippen LogP contribution in [0.25, 0.3) is 10.9 Å². The summed E-state index contributed by atoms with van der Waals surface area (Å²) in [4.78, 5) is 81.4. The molecule has 14 nitrogen and oxygen atoms in total. The van der Waals surface area contributed by atoms with Gasteiger partial charge in [-0.1, -0.05) is 25.5 Å². The number of hydrogen-bond donors (Lipinski definition) is 2. The summed E-state index contributed by atoms with van der Waals surface area (Å²) in [5.41, 5.74) is -2.51. The number of nitrogens with one attached hydrogen (secondary N) is 1. The van der Waals surface area contributed by atoms with E-state index in [-0.39, 0.29) is 90.3 Å². The molecule has 1 saturated heterocycles. The van der Waals surface area contributed by atoms with Gasteiger partial charge < -0.3 is 38.8 Å². The zero-order valence-corrected chi connectivity index (χ0v) is 35.6. The number of pyridine rings is 1. The van der Waals surface area contributed by atoms with Gasteiger partial charge in [-0.15, -0.1) is 0 Å². The summed E-state index contributed by atoms with van der Waals surface area (Å²) in [6.45, 7) is 8.02. The Morgan fingerprint density at radius 3 is 2.56 bits per heavy atom. The van der Waals surface area contributed by atoms with E-state index in [1.165, 1.54) is 26.3 Å². The van der Waals surface area contributed by atoms with Crippen LogP contribution in [0.4, 0.5) is 10.1 Å². The van der Waals surface area contributed by atoms with E-state index in [0.29, 0.717) is 44.4 Å². The number of nitrogens with zero attached hydrogens (tertiary/aromatic N) is 2. The maximum atomic E-state index is 15.9. The first-order valence-electron chi connectivity index (χ1n) is 21.6. The molecule has 8 rings (SSSR count). The minimum absolute atomic E-state index is 0.00184. The van der Waals surface area contributed by atoms with E-state index in [2.05, 4.69) is 12.2 Å². The van der Waals surface area contributed by atoms with Gasteiger partial charge in [-0.2, -0.15) is 0 Å². The molecule has 0 bridgehead atoms. The lowest BCUT2D eigenvalue weighted by Gasteiger charge is -2.59. The number of aromatic nitrogens is 1. The van der Waals surface area contributed by atoms with Gasteiger partial charge in [-0.05, 0) is 88.3 Å². The van der Waals surface area contributed by atoms with Gasteiger partial charge in [0.1, 0.15) is 11.3 Å². The van der Waals surface area contributed by atoms with Gasteiger partial charge in [0, 0.05) is 68.0 Å². The number of fused-ring (bicyclic) bond motifs is 6. The van der Waals surface area contributed by atoms with Crippen molar-refractivity contribution in [1.82, 2.24) is 9.88 Å². The number of halogens is 1. The quantitative estimate of drug-likeness (QED) is 0.167. The van der Waals surface area contributed by atoms with Crippen LogP contribution in [0, 0.1) is 34.4 Å². The normalized spacial score (nSPS) is 31.7. The Labute approximate surface area is 353 Å². The Balaban J connectivity index is 0.984. The number of aliphatic hydroxyl groups excluding tert-OH is 1. The first-order chi connectivity index (χ1) is 29.0. The van der Waals surface area contributed by atoms with Crippen molar-refractivity contribution >= 4 is 46.1 Å². The number of benzene rings is 1. The van der Waals surface area contributed by atoms with Crippen molar-refractivity contribution in [2.24, 2.45) is 28.6 Å². The fraction of sp³-hybridized carbons (Fsp3) is 0.609. The molecule has 0 spiro atoms. The van der Waals surface area contributed by atoms with Gasteiger partial charge in [0.05, 0.1) is 30.7 Å². The number of piperazine rings is 1. The average Bonchev–Trinajstić information content (AvgIpc) is 4.02. The van der Waals surface area contributed by atoms with E-state index < -0.39 is 64.1 Å². The molecule has 2 N–H and O–H groups in total. The van der Waals surface area contributed by atoms with Crippen LogP contribution < -0.4 is 20.4 Å². The number of hydrogen-bond acceptors (Lipinski definition) is 13. The molecule has 5 aliphatic carbocycles. The molecular formula is C46H56FN3O11. The maximum absolute atomic E-state index is 15.9. The molecule has 8 atom stereocenters. The monoisotopic (exact) mass is 845 g/mol. The number of anilines is 1. The summed E-state index contributed by atoms with van der Waals surface area (Å²) >= 11 is 0. The van der Waals surface area contributed by atoms with Crippen molar-refractivity contribution in [2.45, 2.75) is 109 Å². The highest BCUT2D eigenvalue weighted by Crippen LogP contribution is 2.68. The van der Waals surface area contributed by atoms with E-state index in [0.717, 1.165) is 18.4 Å². The molecule has 1 aromatic heterocycles. The molecule has 4 saturated carbocycles. The second-order valence-electron chi connectivity index (χ2n) is 18.4. The summed E-state index contributed by atoms with van der Waals surface area (Å²) in [7, 11) is 1.44. The van der Waals surface area contributed by atoms with Crippen LogP contribution in [-0.2, 0) is 33.4 Å². The van der Waals surface area contributed by atoms with Crippen molar-refractivity contribution in [3.8, 4) is 5.75 Å². The Hall–Kier alpha value is -4.89. The predicted octanol–water partition coefficient (Wildman–Crippen LogP) is 4.91. The molecule has 2 unspecified atom stereocenters. The topological polar surface area (TPSA) is 180 Å². The highest BCUT2D eigenvalue weighted by Gasteiger charge is 2.70. The average molecular weight is 846 g/mol. The number of aliphatic hydroxyl groups is 1. The molecule has 0 radical (unpaired) electrons. The van der Waals surface area contributed by atoms with Gasteiger partial charge in [-0.25, -0.2) is 9.18 Å². The lowest BCUT2D eigenvalue weighted by molar-refractivity contribution is -0.201. The zero-order valence-electron chi connectivity index (χ0n) is 35.6. The Bertz CT molecular complexity index is 2300. The predicted molar refractivity (Wildman–Crippen MR) is 221 cm³/mol. The lowest BCUT2D eigenvalue weighted by Crippen LogP contribution is -2.63. The number of carbonyl (C=O) groups is 5. The zero-order chi connectivity index (χ0) is 43.6. The fourth-order valence-corrected chi connectivity index (χ4v) is 11.8. The SMILES string of the molecule is COc1c(N2CCNC(C)C2)c(F)cc2c(=O)c(C(=O)OCCCC(=O)O[C@@]3(C(=O)COC(C)=O)CC[C@@H]4[C@H]5CCC6=CC(=O)C=C[C@@]6(C)C5[C@H](O)C[C@]43C)cn(C3CC3)c12. The minimum Gasteiger partial charge on any atom is -0.492 e. The molecule has 1 aliphatic heterocycles. The van der Waals surface area contributed by atoms with Gasteiger partial charge in [0.25, 0.3) is 0 Å². The van der Waals surface area contributed by atoms with Crippen LogP contribution in [0.1, 0.15) is 102 Å². The number of ketones is 2. The van der Waals surface area contributed by atoms with Gasteiger partial charge in [0.15, 0.2) is 29.6 Å². The Morgan fingerprint density at radius 1 is 1.08 bits per heavy atom. The molecular weight excluding hydrogens is 790 g/mol. The molecule has 0 amide bonds. The second kappa shape index (κ2) is 16.1. The third-order valence-electron chi connectivity index (χ3n) is 14.8. The third-order valence-corrected chi connectivity index (χ3v) is 14.8. The van der Waals surface area contributed by atoms with Gasteiger partial charge in [-0.3, -0.25) is 24.0 Å². The molecule has 6 aliphatic rings. The highest BCUT2D eigenvalue weighted by atomic mass is 19.1. The number of allylic oxidation sites excluding steroid dienone is 4. The number of carbonyl (C=O) groups excluding carboxylic acids is 5. The summed E-state index contributed by atoms with van der Waals surface area (Å²) < 4.78 is 40.5.